The van der Waals surface area contributed by atoms with Crippen molar-refractivity contribution in [3.63, 3.8) is 0 Å². The highest BCUT2D eigenvalue weighted by molar-refractivity contribution is 7.89. The zero-order valence-electron chi connectivity index (χ0n) is 11.5. The average Bonchev–Trinajstić information content (AvgIpc) is 2.87. The molecular formula is C12H14N4O4S. The Morgan fingerprint density at radius 1 is 1.38 bits per heavy atom. The third kappa shape index (κ3) is 3.26. The second-order valence-corrected chi connectivity index (χ2v) is 6.69. The molecule has 1 N–H and O–H groups in total. The summed E-state index contributed by atoms with van der Waals surface area (Å²) in [4.78, 5) is 10.9. The first-order valence-corrected chi connectivity index (χ1v) is 7.39. The largest absolute Gasteiger partial charge is 0.476 e. The van der Waals surface area contributed by atoms with E-state index in [9.17, 15) is 13.2 Å². The summed E-state index contributed by atoms with van der Waals surface area (Å²) in [6.07, 6.45) is 1.29. The van der Waals surface area contributed by atoms with Gasteiger partial charge in [-0.05, 0) is 17.7 Å². The molecule has 0 saturated carbocycles. The third-order valence-corrected chi connectivity index (χ3v) is 4.59. The van der Waals surface area contributed by atoms with E-state index >= 15 is 0 Å². The number of carboxylic acids is 1. The molecule has 1 aromatic carbocycles. The fourth-order valence-corrected chi connectivity index (χ4v) is 2.65. The second-order valence-electron chi connectivity index (χ2n) is 4.54. The summed E-state index contributed by atoms with van der Waals surface area (Å²) in [5.41, 5.74) is 0.520. The van der Waals surface area contributed by atoms with E-state index < -0.39 is 16.0 Å². The lowest BCUT2D eigenvalue weighted by Crippen LogP contribution is -2.22. The van der Waals surface area contributed by atoms with Crippen LogP contribution < -0.4 is 0 Å². The van der Waals surface area contributed by atoms with Crippen LogP contribution in [-0.4, -0.2) is 52.9 Å². The predicted molar refractivity (Wildman–Crippen MR) is 73.4 cm³/mol. The number of aromatic nitrogens is 3. The Kier molecular flexibility index (Phi) is 4.05. The lowest BCUT2D eigenvalue weighted by molar-refractivity contribution is 0.0690. The van der Waals surface area contributed by atoms with Crippen LogP contribution in [0.15, 0.2) is 35.4 Å². The van der Waals surface area contributed by atoms with Crippen molar-refractivity contribution in [1.29, 1.82) is 0 Å². The number of aromatic carboxylic acids is 1. The van der Waals surface area contributed by atoms with Crippen LogP contribution in [0.3, 0.4) is 0 Å². The normalized spacial score (nSPS) is 11.8. The van der Waals surface area contributed by atoms with Gasteiger partial charge in [-0.25, -0.2) is 22.2 Å². The van der Waals surface area contributed by atoms with Crippen LogP contribution in [-0.2, 0) is 16.6 Å². The average molecular weight is 310 g/mol. The van der Waals surface area contributed by atoms with Crippen LogP contribution in [0, 0.1) is 0 Å². The van der Waals surface area contributed by atoms with E-state index in [1.807, 2.05) is 0 Å². The topological polar surface area (TPSA) is 105 Å². The molecule has 1 heterocycles. The molecule has 8 nitrogen and oxygen atoms in total. The van der Waals surface area contributed by atoms with E-state index in [-0.39, 0.29) is 17.1 Å². The molecule has 21 heavy (non-hydrogen) atoms. The number of hydrogen-bond acceptors (Lipinski definition) is 5. The summed E-state index contributed by atoms with van der Waals surface area (Å²) in [7, 11) is -0.592. The Morgan fingerprint density at radius 3 is 2.67 bits per heavy atom. The number of nitrogens with zero attached hydrogens (tertiary/aromatic N) is 4. The molecule has 0 aliphatic heterocycles. The van der Waals surface area contributed by atoms with Gasteiger partial charge in [0.2, 0.25) is 10.0 Å². The molecule has 0 unspecified atom stereocenters. The molecule has 1 aromatic heterocycles. The third-order valence-electron chi connectivity index (χ3n) is 2.78. The lowest BCUT2D eigenvalue weighted by Gasteiger charge is -2.12. The van der Waals surface area contributed by atoms with Gasteiger partial charge in [0.25, 0.3) is 0 Å². The fourth-order valence-electron chi connectivity index (χ4n) is 1.68. The van der Waals surface area contributed by atoms with Gasteiger partial charge in [-0.15, -0.1) is 5.10 Å². The van der Waals surface area contributed by atoms with Crippen LogP contribution in [0.4, 0.5) is 0 Å². The van der Waals surface area contributed by atoms with Crippen molar-refractivity contribution >= 4 is 16.0 Å². The molecule has 0 saturated heterocycles. The Morgan fingerprint density at radius 2 is 2.10 bits per heavy atom. The van der Waals surface area contributed by atoms with E-state index in [0.29, 0.717) is 5.56 Å². The molecule has 0 radical (unpaired) electrons. The van der Waals surface area contributed by atoms with Crippen molar-refractivity contribution in [2.45, 2.75) is 11.4 Å². The molecule has 2 rings (SSSR count). The molecule has 0 amide bonds. The van der Waals surface area contributed by atoms with Gasteiger partial charge in [0, 0.05) is 14.1 Å². The molecule has 0 atom stereocenters. The Bertz CT molecular complexity index is 767. The first-order chi connectivity index (χ1) is 9.80. The molecule has 0 aliphatic rings. The van der Waals surface area contributed by atoms with Gasteiger partial charge in [-0.1, -0.05) is 17.3 Å². The highest BCUT2D eigenvalue weighted by Crippen LogP contribution is 2.15. The minimum atomic E-state index is -3.51. The number of carboxylic acid groups (broad SMARTS) is 1. The summed E-state index contributed by atoms with van der Waals surface area (Å²) in [5, 5.41) is 16.0. The Labute approximate surface area is 121 Å². The van der Waals surface area contributed by atoms with Gasteiger partial charge in [-0.3, -0.25) is 0 Å². The van der Waals surface area contributed by atoms with E-state index in [4.69, 9.17) is 5.11 Å². The Balaban J connectivity index is 2.27. The van der Waals surface area contributed by atoms with Crippen LogP contribution in [0.25, 0.3) is 0 Å². The Hall–Kier alpha value is -2.26. The van der Waals surface area contributed by atoms with Crippen molar-refractivity contribution in [2.24, 2.45) is 0 Å². The van der Waals surface area contributed by atoms with Crippen molar-refractivity contribution in [2.75, 3.05) is 14.1 Å². The molecule has 112 valence electrons. The molecule has 0 fully saturated rings. The highest BCUT2D eigenvalue weighted by Gasteiger charge is 2.17. The van der Waals surface area contributed by atoms with Gasteiger partial charge in [-0.2, -0.15) is 0 Å². The lowest BCUT2D eigenvalue weighted by atomic mass is 10.2. The minimum absolute atomic E-state index is 0.160. The van der Waals surface area contributed by atoms with Crippen LogP contribution in [0.2, 0.25) is 0 Å². The zero-order chi connectivity index (χ0) is 15.6. The summed E-state index contributed by atoms with van der Waals surface area (Å²) in [6, 6.07) is 6.39. The molecule has 0 aliphatic carbocycles. The smallest absolute Gasteiger partial charge is 0.358 e. The molecule has 0 spiro atoms. The molecule has 0 bridgehead atoms. The standard InChI is InChI=1S/C12H14N4O4S/c1-15(2)21(19,20)10-5-3-4-9(6-10)7-16-8-11(12(17)18)13-14-16/h3-6,8H,7H2,1-2H3,(H,17,18). The maximum atomic E-state index is 12.0. The van der Waals surface area contributed by atoms with Crippen molar-refractivity contribution < 1.29 is 18.3 Å². The predicted octanol–water partition coefficient (Wildman–Crippen LogP) is 0.275. The summed E-state index contributed by atoms with van der Waals surface area (Å²) in [6.45, 7) is 0.233. The summed E-state index contributed by atoms with van der Waals surface area (Å²) < 4.78 is 26.6. The van der Waals surface area contributed by atoms with Crippen molar-refractivity contribution in [3.8, 4) is 0 Å². The maximum absolute atomic E-state index is 12.0. The van der Waals surface area contributed by atoms with E-state index in [0.717, 1.165) is 4.31 Å². The first-order valence-electron chi connectivity index (χ1n) is 5.95. The second kappa shape index (κ2) is 5.62. The SMILES string of the molecule is CN(C)S(=O)(=O)c1cccc(Cn2cc(C(=O)O)nn2)c1. The highest BCUT2D eigenvalue weighted by atomic mass is 32.2. The van der Waals surface area contributed by atoms with Crippen LogP contribution in [0.5, 0.6) is 0 Å². The van der Waals surface area contributed by atoms with Gasteiger partial charge < -0.3 is 5.11 Å². The van der Waals surface area contributed by atoms with Gasteiger partial charge in [0.15, 0.2) is 5.69 Å². The van der Waals surface area contributed by atoms with Crippen molar-refractivity contribution in [3.05, 3.63) is 41.7 Å². The number of carbonyl (C=O) groups is 1. The quantitative estimate of drug-likeness (QED) is 0.850. The minimum Gasteiger partial charge on any atom is -0.476 e. The van der Waals surface area contributed by atoms with E-state index in [1.54, 1.807) is 12.1 Å². The van der Waals surface area contributed by atoms with E-state index in [2.05, 4.69) is 10.3 Å². The maximum Gasteiger partial charge on any atom is 0.358 e. The number of rotatable bonds is 5. The van der Waals surface area contributed by atoms with E-state index in [1.165, 1.54) is 37.1 Å². The van der Waals surface area contributed by atoms with Crippen LogP contribution in [0.1, 0.15) is 16.1 Å². The zero-order valence-corrected chi connectivity index (χ0v) is 12.3. The van der Waals surface area contributed by atoms with Gasteiger partial charge in [0.05, 0.1) is 17.6 Å². The van der Waals surface area contributed by atoms with Gasteiger partial charge in [0.1, 0.15) is 0 Å². The van der Waals surface area contributed by atoms with Gasteiger partial charge >= 0.3 is 5.97 Å². The number of benzene rings is 1. The first kappa shape index (κ1) is 15.1. The molecule has 2 aromatic rings. The van der Waals surface area contributed by atoms with Crippen LogP contribution >= 0.6 is 0 Å². The number of sulfonamides is 1. The summed E-state index contributed by atoms with van der Waals surface area (Å²) >= 11 is 0. The van der Waals surface area contributed by atoms with Crippen molar-refractivity contribution in [1.82, 2.24) is 19.3 Å². The molecular weight excluding hydrogens is 296 g/mol. The summed E-state index contributed by atoms with van der Waals surface area (Å²) in [5.74, 6) is -1.16. The molecule has 9 heteroatoms. The fraction of sp³-hybridized carbons (Fsp3) is 0.250. The monoisotopic (exact) mass is 310 g/mol. The number of hydrogen-bond donors (Lipinski definition) is 1.